The molecule has 0 radical (unpaired) electrons. The third-order valence-corrected chi connectivity index (χ3v) is 2.62. The van der Waals surface area contributed by atoms with Crippen molar-refractivity contribution in [1.82, 2.24) is 0 Å². The first-order valence-electron chi connectivity index (χ1n) is 5.32. The maximum Gasteiger partial charge on any atom is 0.411 e. The fourth-order valence-corrected chi connectivity index (χ4v) is 1.85. The predicted octanol–water partition coefficient (Wildman–Crippen LogP) is 1.82. The van der Waals surface area contributed by atoms with Crippen LogP contribution in [0.2, 0.25) is 0 Å². The number of nitrogens with one attached hydrogen (secondary N) is 1. The third-order valence-electron chi connectivity index (χ3n) is 2.01. The first kappa shape index (κ1) is 16.4. The molecule has 112 valence electrons. The molecule has 1 N–H and O–H groups in total. The summed E-state index contributed by atoms with van der Waals surface area (Å²) in [5, 5.41) is 0. The Morgan fingerprint density at radius 2 is 1.80 bits per heavy atom. The van der Waals surface area contributed by atoms with Crippen molar-refractivity contribution in [3.8, 4) is 0 Å². The molecule has 0 aromatic heterocycles. The number of sulfonamides is 1. The van der Waals surface area contributed by atoms with E-state index in [4.69, 9.17) is 0 Å². The van der Waals surface area contributed by atoms with Crippen LogP contribution in [-0.4, -0.2) is 39.8 Å². The highest BCUT2D eigenvalue weighted by Crippen LogP contribution is 2.15. The number of carbonyl (C=O) groups excluding carboxylic acids is 1. The average molecular weight is 311 g/mol. The molecule has 20 heavy (non-hydrogen) atoms. The van der Waals surface area contributed by atoms with Gasteiger partial charge in [0.05, 0.1) is 6.26 Å². The van der Waals surface area contributed by atoms with Gasteiger partial charge in [-0.15, -0.1) is 0 Å². The highest BCUT2D eigenvalue weighted by molar-refractivity contribution is 7.92. The number of alkyl halides is 3. The van der Waals surface area contributed by atoms with Crippen LogP contribution in [0.4, 0.5) is 18.9 Å². The van der Waals surface area contributed by atoms with Gasteiger partial charge < -0.3 is 4.74 Å². The van der Waals surface area contributed by atoms with Crippen molar-refractivity contribution >= 4 is 21.5 Å². The maximum atomic E-state index is 11.8. The Hall–Kier alpha value is -1.61. The molecule has 0 atom stereocenters. The molecule has 0 fully saturated rings. The average Bonchev–Trinajstić information content (AvgIpc) is 2.25. The fourth-order valence-electron chi connectivity index (χ4n) is 1.28. The van der Waals surface area contributed by atoms with Crippen LogP contribution in [0.5, 0.6) is 0 Å². The van der Waals surface area contributed by atoms with E-state index in [-0.39, 0.29) is 11.3 Å². The summed E-state index contributed by atoms with van der Waals surface area (Å²) < 4.78 is 63.8. The Balaban J connectivity index is 2.58. The van der Waals surface area contributed by atoms with E-state index < -0.39 is 35.2 Å². The lowest BCUT2D eigenvalue weighted by atomic mass is 10.1. The number of carbonyl (C=O) groups is 1. The number of Topliss-reactive ketones (excluding diaryl/α,β-unsaturated/α-hetero) is 1. The zero-order valence-electron chi connectivity index (χ0n) is 10.4. The smallest absolute Gasteiger partial charge is 0.364 e. The molecule has 9 heteroatoms. The van der Waals surface area contributed by atoms with E-state index in [0.717, 1.165) is 6.26 Å². The number of halogens is 3. The van der Waals surface area contributed by atoms with Gasteiger partial charge in [-0.3, -0.25) is 9.52 Å². The SMILES string of the molecule is CS(=O)(=O)Nc1ccc(C(=O)COCC(F)(F)F)cc1. The number of anilines is 1. The molecule has 0 aliphatic heterocycles. The van der Waals surface area contributed by atoms with Gasteiger partial charge in [-0.2, -0.15) is 13.2 Å². The van der Waals surface area contributed by atoms with Gasteiger partial charge in [-0.1, -0.05) is 0 Å². The summed E-state index contributed by atoms with van der Waals surface area (Å²) in [6.45, 7) is -2.19. The second-order valence-electron chi connectivity index (χ2n) is 3.98. The van der Waals surface area contributed by atoms with E-state index in [9.17, 15) is 26.4 Å². The Kier molecular flexibility index (Phi) is 5.12. The molecule has 5 nitrogen and oxygen atoms in total. The second kappa shape index (κ2) is 6.23. The highest BCUT2D eigenvalue weighted by Gasteiger charge is 2.27. The minimum absolute atomic E-state index is 0.131. The predicted molar refractivity (Wildman–Crippen MR) is 66.1 cm³/mol. The van der Waals surface area contributed by atoms with Crippen LogP contribution in [0, 0.1) is 0 Å². The Morgan fingerprint density at radius 3 is 2.25 bits per heavy atom. The summed E-state index contributed by atoms with van der Waals surface area (Å²) in [5.41, 5.74) is 0.381. The quantitative estimate of drug-likeness (QED) is 0.813. The summed E-state index contributed by atoms with van der Waals surface area (Å²) in [5.74, 6) is -0.625. The number of ether oxygens (including phenoxy) is 1. The number of hydrogen-bond acceptors (Lipinski definition) is 4. The van der Waals surface area contributed by atoms with Crippen LogP contribution in [0.15, 0.2) is 24.3 Å². The van der Waals surface area contributed by atoms with Crippen LogP contribution in [0.3, 0.4) is 0 Å². The van der Waals surface area contributed by atoms with E-state index in [1.54, 1.807) is 0 Å². The maximum absolute atomic E-state index is 11.8. The molecule has 1 aromatic carbocycles. The summed E-state index contributed by atoms with van der Waals surface area (Å²) in [7, 11) is -3.43. The lowest BCUT2D eigenvalue weighted by molar-refractivity contribution is -0.170. The molecule has 1 rings (SSSR count). The first-order chi connectivity index (χ1) is 9.07. The van der Waals surface area contributed by atoms with Crippen LogP contribution >= 0.6 is 0 Å². The molecule has 0 saturated heterocycles. The van der Waals surface area contributed by atoms with Gasteiger partial charge >= 0.3 is 6.18 Å². The van der Waals surface area contributed by atoms with Gasteiger partial charge in [0, 0.05) is 11.3 Å². The Bertz CT molecular complexity index is 566. The Morgan fingerprint density at radius 1 is 1.25 bits per heavy atom. The number of hydrogen-bond donors (Lipinski definition) is 1. The molecule has 0 aliphatic carbocycles. The van der Waals surface area contributed by atoms with Gasteiger partial charge in [0.25, 0.3) is 0 Å². The molecule has 0 spiro atoms. The van der Waals surface area contributed by atoms with E-state index in [1.807, 2.05) is 0 Å². The summed E-state index contributed by atoms with van der Waals surface area (Å²) in [6, 6.07) is 5.26. The molecule has 0 heterocycles. The molecular weight excluding hydrogens is 299 g/mol. The normalized spacial score (nSPS) is 12.2. The number of benzene rings is 1. The van der Waals surface area contributed by atoms with Crippen LogP contribution < -0.4 is 4.72 Å². The Labute approximate surface area is 113 Å². The van der Waals surface area contributed by atoms with Crippen molar-refractivity contribution in [2.24, 2.45) is 0 Å². The monoisotopic (exact) mass is 311 g/mol. The number of rotatable bonds is 6. The summed E-state index contributed by atoms with van der Waals surface area (Å²) >= 11 is 0. The van der Waals surface area contributed by atoms with Gasteiger partial charge in [-0.05, 0) is 24.3 Å². The van der Waals surface area contributed by atoms with Crippen molar-refractivity contribution in [3.63, 3.8) is 0 Å². The van der Waals surface area contributed by atoms with Crippen molar-refractivity contribution < 1.29 is 31.1 Å². The molecule has 0 amide bonds. The zero-order valence-corrected chi connectivity index (χ0v) is 11.2. The first-order valence-corrected chi connectivity index (χ1v) is 7.21. The third kappa shape index (κ3) is 6.53. The lowest BCUT2D eigenvalue weighted by Gasteiger charge is -2.07. The highest BCUT2D eigenvalue weighted by atomic mass is 32.2. The summed E-state index contributed by atoms with van der Waals surface area (Å²) in [6.07, 6.45) is -3.51. The lowest BCUT2D eigenvalue weighted by Crippen LogP contribution is -2.20. The minimum Gasteiger partial charge on any atom is -0.364 e. The largest absolute Gasteiger partial charge is 0.411 e. The fraction of sp³-hybridized carbons (Fsp3) is 0.364. The van der Waals surface area contributed by atoms with E-state index in [1.165, 1.54) is 24.3 Å². The molecule has 0 aliphatic rings. The number of ketones is 1. The van der Waals surface area contributed by atoms with Crippen LogP contribution in [0.25, 0.3) is 0 Å². The van der Waals surface area contributed by atoms with E-state index in [0.29, 0.717) is 0 Å². The zero-order chi connectivity index (χ0) is 15.4. The van der Waals surface area contributed by atoms with E-state index >= 15 is 0 Å². The molecular formula is C11H12F3NO4S. The molecule has 0 saturated carbocycles. The van der Waals surface area contributed by atoms with Crippen molar-refractivity contribution in [1.29, 1.82) is 0 Å². The standard InChI is InChI=1S/C11H12F3NO4S/c1-20(17,18)15-9-4-2-8(3-5-9)10(16)6-19-7-11(12,13)14/h2-5,15H,6-7H2,1H3. The molecule has 0 bridgehead atoms. The topological polar surface area (TPSA) is 72.5 Å². The van der Waals surface area contributed by atoms with Gasteiger partial charge in [0.1, 0.15) is 13.2 Å². The van der Waals surface area contributed by atoms with Crippen LogP contribution in [-0.2, 0) is 14.8 Å². The molecule has 1 aromatic rings. The second-order valence-corrected chi connectivity index (χ2v) is 5.73. The minimum atomic E-state index is -4.48. The van der Waals surface area contributed by atoms with Gasteiger partial charge in [0.15, 0.2) is 5.78 Å². The van der Waals surface area contributed by atoms with Crippen molar-refractivity contribution in [3.05, 3.63) is 29.8 Å². The summed E-state index contributed by atoms with van der Waals surface area (Å²) in [4.78, 5) is 11.5. The van der Waals surface area contributed by atoms with Crippen molar-refractivity contribution in [2.45, 2.75) is 6.18 Å². The van der Waals surface area contributed by atoms with Gasteiger partial charge in [0.2, 0.25) is 10.0 Å². The van der Waals surface area contributed by atoms with E-state index in [2.05, 4.69) is 9.46 Å². The van der Waals surface area contributed by atoms with Gasteiger partial charge in [-0.25, -0.2) is 8.42 Å². The molecule has 0 unspecified atom stereocenters. The van der Waals surface area contributed by atoms with Crippen molar-refractivity contribution in [2.75, 3.05) is 24.2 Å². The van der Waals surface area contributed by atoms with Crippen LogP contribution in [0.1, 0.15) is 10.4 Å².